The lowest BCUT2D eigenvalue weighted by molar-refractivity contribution is -0.149. The van der Waals surface area contributed by atoms with Gasteiger partial charge in [-0.1, -0.05) is 58.0 Å². The molecular weight excluding hydrogens is 412 g/mol. The molecule has 158 valence electrons. The third kappa shape index (κ3) is 3.39. The second-order valence-corrected chi connectivity index (χ2v) is 9.28. The summed E-state index contributed by atoms with van der Waals surface area (Å²) in [6.07, 6.45) is 0. The number of piperidine rings is 1. The fourth-order valence-electron chi connectivity index (χ4n) is 3.89. The third-order valence-electron chi connectivity index (χ3n) is 5.48. The smallest absolute Gasteiger partial charge is 0.287 e. The maximum absolute atomic E-state index is 13.2. The monoisotopic (exact) mass is 434 g/mol. The SMILES string of the molecule is CC(C)c1cccc(C(C)C)c1N1C(=O)C(=O)C(c2nc3ccccc3s2)C(=O)C1=O. The first-order valence-corrected chi connectivity index (χ1v) is 11.0. The van der Waals surface area contributed by atoms with Crippen LogP contribution in [0.15, 0.2) is 42.5 Å². The number of para-hydroxylation sites is 2. The molecule has 0 spiro atoms. The zero-order chi connectivity index (χ0) is 22.4. The standard InChI is InChI=1S/C24H22N2O4S/c1-12(2)14-8-7-9-15(13(3)4)19(14)26-23(29)20(27)18(21(28)24(26)30)22-25-16-10-5-6-11-17(16)31-22/h5-13,18H,1-4H3. The van der Waals surface area contributed by atoms with Gasteiger partial charge in [0.1, 0.15) is 10.9 Å². The van der Waals surface area contributed by atoms with Gasteiger partial charge in [0.25, 0.3) is 0 Å². The fourth-order valence-corrected chi connectivity index (χ4v) is 4.96. The average Bonchev–Trinajstić information content (AvgIpc) is 3.16. The average molecular weight is 435 g/mol. The van der Waals surface area contributed by atoms with Crippen LogP contribution in [-0.2, 0) is 19.2 Å². The van der Waals surface area contributed by atoms with Crippen LogP contribution in [0.1, 0.15) is 61.6 Å². The van der Waals surface area contributed by atoms with Crippen molar-refractivity contribution in [3.05, 3.63) is 58.6 Å². The molecule has 2 heterocycles. The van der Waals surface area contributed by atoms with Crippen LogP contribution in [-0.4, -0.2) is 28.4 Å². The van der Waals surface area contributed by atoms with Gasteiger partial charge < -0.3 is 0 Å². The van der Waals surface area contributed by atoms with E-state index in [1.54, 1.807) is 12.1 Å². The van der Waals surface area contributed by atoms with Crippen molar-refractivity contribution in [2.75, 3.05) is 4.90 Å². The van der Waals surface area contributed by atoms with E-state index >= 15 is 0 Å². The Hall–Kier alpha value is -3.19. The Bertz CT molecular complexity index is 1150. The van der Waals surface area contributed by atoms with Crippen molar-refractivity contribution in [1.82, 2.24) is 4.98 Å². The van der Waals surface area contributed by atoms with E-state index in [-0.39, 0.29) is 16.8 Å². The second-order valence-electron chi connectivity index (χ2n) is 8.22. The molecule has 1 fully saturated rings. The quantitative estimate of drug-likeness (QED) is 0.346. The minimum absolute atomic E-state index is 0.0125. The number of carbonyl (C=O) groups is 4. The number of nitrogens with zero attached hydrogens (tertiary/aromatic N) is 2. The number of aromatic nitrogens is 1. The van der Waals surface area contributed by atoms with Gasteiger partial charge in [-0.25, -0.2) is 9.88 Å². The molecule has 0 saturated carbocycles. The summed E-state index contributed by atoms with van der Waals surface area (Å²) < 4.78 is 0.785. The Morgan fingerprint density at radius 1 is 0.806 bits per heavy atom. The number of ketones is 2. The van der Waals surface area contributed by atoms with Gasteiger partial charge >= 0.3 is 11.8 Å². The molecule has 0 N–H and O–H groups in total. The highest BCUT2D eigenvalue weighted by molar-refractivity contribution is 7.19. The largest absolute Gasteiger partial charge is 0.302 e. The van der Waals surface area contributed by atoms with Crippen molar-refractivity contribution in [2.24, 2.45) is 0 Å². The molecule has 2 aromatic carbocycles. The first kappa shape index (κ1) is 21.1. The van der Waals surface area contributed by atoms with Crippen molar-refractivity contribution in [2.45, 2.75) is 45.4 Å². The van der Waals surface area contributed by atoms with Crippen LogP contribution in [0.2, 0.25) is 0 Å². The summed E-state index contributed by atoms with van der Waals surface area (Å²) in [6, 6.07) is 12.7. The van der Waals surface area contributed by atoms with Gasteiger partial charge in [0, 0.05) is 0 Å². The Kier molecular flexibility index (Phi) is 5.31. The highest BCUT2D eigenvalue weighted by atomic mass is 32.1. The summed E-state index contributed by atoms with van der Waals surface area (Å²) in [4.78, 5) is 57.8. The Morgan fingerprint density at radius 3 is 1.87 bits per heavy atom. The molecule has 1 aliphatic heterocycles. The molecule has 7 heteroatoms. The molecule has 6 nitrogen and oxygen atoms in total. The van der Waals surface area contributed by atoms with Crippen LogP contribution in [0.25, 0.3) is 10.2 Å². The van der Waals surface area contributed by atoms with E-state index in [9.17, 15) is 19.2 Å². The maximum Gasteiger partial charge on any atom is 0.302 e. The Balaban J connectivity index is 1.83. The van der Waals surface area contributed by atoms with Crippen LogP contribution in [0.4, 0.5) is 5.69 Å². The van der Waals surface area contributed by atoms with Crippen molar-refractivity contribution in [3.63, 3.8) is 0 Å². The fraction of sp³-hybridized carbons (Fsp3) is 0.292. The number of amides is 2. The van der Waals surface area contributed by atoms with E-state index in [1.807, 2.05) is 58.0 Å². The number of hydrogen-bond acceptors (Lipinski definition) is 6. The molecule has 1 aromatic heterocycles. The summed E-state index contributed by atoms with van der Waals surface area (Å²) in [5, 5.41) is 0.179. The summed E-state index contributed by atoms with van der Waals surface area (Å²) in [6.45, 7) is 7.76. The van der Waals surface area contributed by atoms with Crippen LogP contribution in [0, 0.1) is 0 Å². The normalized spacial score (nSPS) is 15.7. The minimum Gasteiger partial charge on any atom is -0.287 e. The van der Waals surface area contributed by atoms with Gasteiger partial charge in [-0.15, -0.1) is 11.3 Å². The van der Waals surface area contributed by atoms with Crippen molar-refractivity contribution < 1.29 is 19.2 Å². The molecule has 2 amide bonds. The zero-order valence-electron chi connectivity index (χ0n) is 17.7. The number of fused-ring (bicyclic) bond motifs is 1. The third-order valence-corrected chi connectivity index (χ3v) is 6.58. The first-order chi connectivity index (χ1) is 14.7. The summed E-state index contributed by atoms with van der Waals surface area (Å²) >= 11 is 1.15. The maximum atomic E-state index is 13.2. The van der Waals surface area contributed by atoms with Crippen LogP contribution >= 0.6 is 11.3 Å². The zero-order valence-corrected chi connectivity index (χ0v) is 18.5. The minimum atomic E-state index is -1.48. The van der Waals surface area contributed by atoms with E-state index in [1.165, 1.54) is 0 Å². The van der Waals surface area contributed by atoms with Gasteiger partial charge in [-0.3, -0.25) is 19.2 Å². The lowest BCUT2D eigenvalue weighted by Crippen LogP contribution is -2.55. The second kappa shape index (κ2) is 7.81. The Morgan fingerprint density at radius 2 is 1.35 bits per heavy atom. The van der Waals surface area contributed by atoms with Gasteiger partial charge in [-0.05, 0) is 35.1 Å². The molecule has 0 radical (unpaired) electrons. The van der Waals surface area contributed by atoms with Gasteiger partial charge in [0.15, 0.2) is 0 Å². The summed E-state index contributed by atoms with van der Waals surface area (Å²) in [7, 11) is 0. The van der Waals surface area contributed by atoms with Crippen molar-refractivity contribution >= 4 is 50.6 Å². The van der Waals surface area contributed by atoms with E-state index < -0.39 is 29.3 Å². The number of rotatable bonds is 4. The van der Waals surface area contributed by atoms with E-state index in [2.05, 4.69) is 4.98 Å². The first-order valence-electron chi connectivity index (χ1n) is 10.2. The van der Waals surface area contributed by atoms with Gasteiger partial charge in [-0.2, -0.15) is 0 Å². The molecule has 3 aromatic rings. The number of imide groups is 1. The van der Waals surface area contributed by atoms with E-state index in [0.29, 0.717) is 11.2 Å². The number of hydrogen-bond donors (Lipinski definition) is 0. The molecule has 0 atom stereocenters. The van der Waals surface area contributed by atoms with E-state index in [4.69, 9.17) is 0 Å². The molecule has 0 aliphatic carbocycles. The molecule has 0 unspecified atom stereocenters. The lowest BCUT2D eigenvalue weighted by Gasteiger charge is -2.31. The molecular formula is C24H22N2O4S. The number of Topliss-reactive ketones (excluding diaryl/α,β-unsaturated/α-hetero) is 2. The molecule has 31 heavy (non-hydrogen) atoms. The van der Waals surface area contributed by atoms with Crippen molar-refractivity contribution in [1.29, 1.82) is 0 Å². The van der Waals surface area contributed by atoms with Gasteiger partial charge in [0.05, 0.1) is 15.9 Å². The number of anilines is 1. The molecule has 4 rings (SSSR count). The summed E-state index contributed by atoms with van der Waals surface area (Å²) in [5.41, 5.74) is 2.46. The number of carbonyl (C=O) groups excluding carboxylic acids is 4. The number of thiazole rings is 1. The Labute approximate surface area is 183 Å². The highest BCUT2D eigenvalue weighted by Gasteiger charge is 2.50. The van der Waals surface area contributed by atoms with Crippen LogP contribution in [0.3, 0.4) is 0 Å². The predicted octanol–water partition coefficient (Wildman–Crippen LogP) is 4.34. The van der Waals surface area contributed by atoms with Crippen molar-refractivity contribution in [3.8, 4) is 0 Å². The predicted molar refractivity (Wildman–Crippen MR) is 119 cm³/mol. The van der Waals surface area contributed by atoms with E-state index in [0.717, 1.165) is 32.1 Å². The molecule has 1 saturated heterocycles. The lowest BCUT2D eigenvalue weighted by atomic mass is 9.88. The molecule has 0 bridgehead atoms. The molecule has 1 aliphatic rings. The number of benzene rings is 2. The van der Waals surface area contributed by atoms with Gasteiger partial charge in [0.2, 0.25) is 11.6 Å². The van der Waals surface area contributed by atoms with Crippen LogP contribution in [0.5, 0.6) is 0 Å². The topological polar surface area (TPSA) is 84.4 Å². The van der Waals surface area contributed by atoms with Crippen LogP contribution < -0.4 is 4.90 Å². The summed E-state index contributed by atoms with van der Waals surface area (Å²) in [5.74, 6) is -5.31. The highest BCUT2D eigenvalue weighted by Crippen LogP contribution is 2.39.